The molecule has 0 aromatic heterocycles. The van der Waals surface area contributed by atoms with E-state index in [-0.39, 0.29) is 0 Å². The van der Waals surface area contributed by atoms with E-state index in [1.807, 2.05) is 6.92 Å². The highest BCUT2D eigenvalue weighted by atomic mass is 28.3. The van der Waals surface area contributed by atoms with Gasteiger partial charge in [-0.1, -0.05) is 20.8 Å². The quantitative estimate of drug-likeness (QED) is 0.680. The van der Waals surface area contributed by atoms with Crippen LogP contribution in [-0.4, -0.2) is 40.6 Å². The van der Waals surface area contributed by atoms with E-state index in [2.05, 4.69) is 25.2 Å². The first-order valence-electron chi connectivity index (χ1n) is 4.95. The average Bonchev–Trinajstić information content (AvgIpc) is 2.13. The van der Waals surface area contributed by atoms with Gasteiger partial charge in [0.25, 0.3) is 0 Å². The van der Waals surface area contributed by atoms with Gasteiger partial charge in [0.15, 0.2) is 0 Å². The molecule has 0 heterocycles. The SMILES string of the molecule is CCO[SiH3].CO[SiH](CC(C)(C)C)OC. The minimum atomic E-state index is -1.32. The van der Waals surface area contributed by atoms with Crippen LogP contribution in [0.3, 0.4) is 0 Å². The topological polar surface area (TPSA) is 27.7 Å². The molecule has 0 unspecified atom stereocenters. The summed E-state index contributed by atoms with van der Waals surface area (Å²) in [5.74, 6) is 0. The van der Waals surface area contributed by atoms with Crippen molar-refractivity contribution in [1.82, 2.24) is 0 Å². The van der Waals surface area contributed by atoms with Gasteiger partial charge in [-0.05, 0) is 18.4 Å². The molecular formula is C9H26O3Si2. The van der Waals surface area contributed by atoms with Crippen LogP contribution in [0.4, 0.5) is 0 Å². The van der Waals surface area contributed by atoms with Crippen molar-refractivity contribution in [2.45, 2.75) is 33.7 Å². The Morgan fingerprint density at radius 2 is 1.50 bits per heavy atom. The zero-order valence-corrected chi connectivity index (χ0v) is 13.9. The molecule has 0 saturated carbocycles. The highest BCUT2D eigenvalue weighted by Crippen LogP contribution is 2.21. The van der Waals surface area contributed by atoms with Gasteiger partial charge in [-0.2, -0.15) is 0 Å². The van der Waals surface area contributed by atoms with Crippen molar-refractivity contribution in [3.05, 3.63) is 0 Å². The highest BCUT2D eigenvalue weighted by molar-refractivity contribution is 6.44. The Morgan fingerprint density at radius 1 is 1.14 bits per heavy atom. The molecule has 0 bridgehead atoms. The number of hydrogen-bond donors (Lipinski definition) is 0. The van der Waals surface area contributed by atoms with Gasteiger partial charge >= 0.3 is 9.28 Å². The third kappa shape index (κ3) is 14.8. The first-order valence-corrected chi connectivity index (χ1v) is 7.53. The van der Waals surface area contributed by atoms with Crippen LogP contribution >= 0.6 is 0 Å². The molecule has 0 spiro atoms. The maximum absolute atomic E-state index is 5.19. The molecule has 3 nitrogen and oxygen atoms in total. The van der Waals surface area contributed by atoms with Crippen LogP contribution in [0.15, 0.2) is 0 Å². The highest BCUT2D eigenvalue weighted by Gasteiger charge is 2.19. The lowest BCUT2D eigenvalue weighted by Gasteiger charge is -2.21. The lowest BCUT2D eigenvalue weighted by atomic mass is 10.0. The van der Waals surface area contributed by atoms with Crippen LogP contribution in [0.25, 0.3) is 0 Å². The van der Waals surface area contributed by atoms with Crippen LogP contribution in [-0.2, 0) is 13.3 Å². The molecule has 0 N–H and O–H groups in total. The molecule has 0 aliphatic carbocycles. The molecule has 0 aromatic carbocycles. The Hall–Kier alpha value is 0.314. The second kappa shape index (κ2) is 9.85. The van der Waals surface area contributed by atoms with Crippen molar-refractivity contribution in [3.8, 4) is 0 Å². The molecule has 5 heteroatoms. The Morgan fingerprint density at radius 3 is 1.57 bits per heavy atom. The standard InChI is InChI=1S/C7H18O2Si.C2H8OSi/c1-7(2,3)6-10(8-4)9-5;1-2-3-4/h10H,6H2,1-5H3;2H2,1,4H3. The van der Waals surface area contributed by atoms with Crippen LogP contribution in [0.5, 0.6) is 0 Å². The summed E-state index contributed by atoms with van der Waals surface area (Å²) in [5.41, 5.74) is 0.336. The number of rotatable bonds is 4. The molecule has 0 fully saturated rings. The van der Waals surface area contributed by atoms with E-state index >= 15 is 0 Å². The molecular weight excluding hydrogens is 212 g/mol. The molecule has 88 valence electrons. The third-order valence-electron chi connectivity index (χ3n) is 1.59. The van der Waals surface area contributed by atoms with E-state index in [1.165, 1.54) is 0 Å². The second-order valence-electron chi connectivity index (χ2n) is 4.24. The first-order chi connectivity index (χ1) is 6.41. The van der Waals surface area contributed by atoms with Gasteiger partial charge in [0, 0.05) is 20.8 Å². The fourth-order valence-corrected chi connectivity index (χ4v) is 2.29. The van der Waals surface area contributed by atoms with E-state index in [4.69, 9.17) is 8.85 Å². The third-order valence-corrected chi connectivity index (χ3v) is 4.78. The first kappa shape index (κ1) is 16.7. The predicted octanol–water partition coefficient (Wildman–Crippen LogP) is 0.849. The fourth-order valence-electron chi connectivity index (χ4n) is 0.763. The van der Waals surface area contributed by atoms with E-state index in [0.29, 0.717) is 5.41 Å². The molecule has 0 rings (SSSR count). The maximum Gasteiger partial charge on any atom is 0.321 e. The summed E-state index contributed by atoms with van der Waals surface area (Å²) in [4.78, 5) is 0. The lowest BCUT2D eigenvalue weighted by molar-refractivity contribution is 0.259. The van der Waals surface area contributed by atoms with Gasteiger partial charge in [-0.3, -0.25) is 0 Å². The predicted molar refractivity (Wildman–Crippen MR) is 67.0 cm³/mol. The fraction of sp³-hybridized carbons (Fsp3) is 1.00. The largest absolute Gasteiger partial charge is 0.428 e. The molecule has 0 radical (unpaired) electrons. The summed E-state index contributed by atoms with van der Waals surface area (Å²) in [6.07, 6.45) is 0. The smallest absolute Gasteiger partial charge is 0.321 e. The van der Waals surface area contributed by atoms with Crippen LogP contribution in [0.1, 0.15) is 27.7 Å². The molecule has 0 saturated heterocycles. The number of hydrogen-bond acceptors (Lipinski definition) is 3. The summed E-state index contributed by atoms with van der Waals surface area (Å²) in [5, 5.41) is 0. The van der Waals surface area contributed by atoms with Crippen molar-refractivity contribution >= 4 is 19.8 Å². The normalized spacial score (nSPS) is 11.4. The van der Waals surface area contributed by atoms with Crippen molar-refractivity contribution < 1.29 is 13.3 Å². The molecule has 0 atom stereocenters. The van der Waals surface area contributed by atoms with E-state index in [9.17, 15) is 0 Å². The Balaban J connectivity index is 0. The van der Waals surface area contributed by atoms with E-state index in [0.717, 1.165) is 23.1 Å². The molecule has 0 amide bonds. The maximum atomic E-state index is 5.19. The zero-order valence-electron chi connectivity index (χ0n) is 10.7. The van der Waals surface area contributed by atoms with Crippen LogP contribution < -0.4 is 0 Å². The molecule has 0 aromatic rings. The van der Waals surface area contributed by atoms with Crippen molar-refractivity contribution in [1.29, 1.82) is 0 Å². The monoisotopic (exact) mass is 238 g/mol. The van der Waals surface area contributed by atoms with Crippen molar-refractivity contribution in [3.63, 3.8) is 0 Å². The summed E-state index contributed by atoms with van der Waals surface area (Å²) in [6.45, 7) is 9.47. The average molecular weight is 238 g/mol. The molecule has 0 aliphatic heterocycles. The summed E-state index contributed by atoms with van der Waals surface area (Å²) < 4.78 is 15.1. The van der Waals surface area contributed by atoms with Gasteiger partial charge in [-0.15, -0.1) is 0 Å². The van der Waals surface area contributed by atoms with E-state index in [1.54, 1.807) is 14.2 Å². The van der Waals surface area contributed by atoms with Crippen molar-refractivity contribution in [2.24, 2.45) is 5.41 Å². The summed E-state index contributed by atoms with van der Waals surface area (Å²) in [6, 6.07) is 1.07. The second-order valence-corrected chi connectivity index (χ2v) is 7.03. The van der Waals surface area contributed by atoms with Gasteiger partial charge < -0.3 is 13.3 Å². The molecule has 0 aliphatic rings. The van der Waals surface area contributed by atoms with Crippen LogP contribution in [0.2, 0.25) is 6.04 Å². The van der Waals surface area contributed by atoms with Gasteiger partial charge in [-0.25, -0.2) is 0 Å². The lowest BCUT2D eigenvalue weighted by Crippen LogP contribution is -2.25. The Bertz CT molecular complexity index is 109. The van der Waals surface area contributed by atoms with Gasteiger partial charge in [0.2, 0.25) is 0 Å². The minimum absolute atomic E-state index is 0.336. The Kier molecular flexibility index (Phi) is 11.8. The van der Waals surface area contributed by atoms with Gasteiger partial charge in [0.1, 0.15) is 10.5 Å². The minimum Gasteiger partial charge on any atom is -0.428 e. The van der Waals surface area contributed by atoms with E-state index < -0.39 is 9.28 Å². The molecule has 14 heavy (non-hydrogen) atoms. The zero-order chi connectivity index (χ0) is 11.6. The Labute approximate surface area is 93.5 Å². The van der Waals surface area contributed by atoms with Crippen LogP contribution in [0, 0.1) is 5.41 Å². The summed E-state index contributed by atoms with van der Waals surface area (Å²) in [7, 11) is 3.03. The van der Waals surface area contributed by atoms with Gasteiger partial charge in [0.05, 0.1) is 0 Å². The van der Waals surface area contributed by atoms with Crippen molar-refractivity contribution in [2.75, 3.05) is 20.8 Å². The summed E-state index contributed by atoms with van der Waals surface area (Å²) >= 11 is 0.